The Bertz CT molecular complexity index is 585. The molecule has 24 heavy (non-hydrogen) atoms. The van der Waals surface area contributed by atoms with Gasteiger partial charge in [0.1, 0.15) is 0 Å². The number of nitrogens with two attached hydrogens (primary N) is 1. The van der Waals surface area contributed by atoms with E-state index in [0.717, 1.165) is 30.8 Å². The smallest absolute Gasteiger partial charge is 0.259 e. The highest BCUT2D eigenvalue weighted by molar-refractivity contribution is 5.89. The molecule has 0 aliphatic rings. The summed E-state index contributed by atoms with van der Waals surface area (Å²) in [5, 5.41) is 0. The molecule has 0 aliphatic heterocycles. The van der Waals surface area contributed by atoms with E-state index in [2.05, 4.69) is 18.7 Å². The molecule has 0 unspecified atom stereocenters. The van der Waals surface area contributed by atoms with Crippen molar-refractivity contribution in [2.24, 2.45) is 5.73 Å². The van der Waals surface area contributed by atoms with Gasteiger partial charge in [0.05, 0.1) is 6.61 Å². The third kappa shape index (κ3) is 3.83. The van der Waals surface area contributed by atoms with E-state index < -0.39 is 11.5 Å². The minimum absolute atomic E-state index is 0.425. The molecule has 1 amide bonds. The highest BCUT2D eigenvalue weighted by atomic mass is 16.5. The van der Waals surface area contributed by atoms with E-state index in [-0.39, 0.29) is 0 Å². The molecule has 0 aromatic heterocycles. The summed E-state index contributed by atoms with van der Waals surface area (Å²) in [6.07, 6.45) is 0. The Kier molecular flexibility index (Phi) is 6.53. The van der Waals surface area contributed by atoms with E-state index in [0.29, 0.717) is 6.61 Å². The molecule has 2 N–H and O–H groups in total. The van der Waals surface area contributed by atoms with Crippen LogP contribution in [0.3, 0.4) is 0 Å². The largest absolute Gasteiger partial charge is 0.367 e. The zero-order valence-corrected chi connectivity index (χ0v) is 14.4. The van der Waals surface area contributed by atoms with Gasteiger partial charge in [-0.1, -0.05) is 74.5 Å². The van der Waals surface area contributed by atoms with Crippen LogP contribution in [0.5, 0.6) is 0 Å². The lowest BCUT2D eigenvalue weighted by Gasteiger charge is -2.33. The molecule has 0 aliphatic carbocycles. The van der Waals surface area contributed by atoms with Crippen LogP contribution in [0.1, 0.15) is 25.0 Å². The summed E-state index contributed by atoms with van der Waals surface area (Å²) in [4.78, 5) is 14.8. The lowest BCUT2D eigenvalue weighted by molar-refractivity contribution is -0.140. The second kappa shape index (κ2) is 8.62. The van der Waals surface area contributed by atoms with Gasteiger partial charge in [-0.15, -0.1) is 0 Å². The second-order valence-electron chi connectivity index (χ2n) is 5.65. The molecule has 2 rings (SSSR count). The fraction of sp³-hybridized carbons (Fsp3) is 0.350. The second-order valence-corrected chi connectivity index (χ2v) is 5.65. The number of benzene rings is 2. The fourth-order valence-corrected chi connectivity index (χ4v) is 2.90. The van der Waals surface area contributed by atoms with Crippen LogP contribution in [0, 0.1) is 0 Å². The van der Waals surface area contributed by atoms with Crippen molar-refractivity contribution >= 4 is 5.91 Å². The lowest BCUT2D eigenvalue weighted by Crippen LogP contribution is -2.46. The van der Waals surface area contributed by atoms with Crippen LogP contribution < -0.4 is 5.73 Å². The maximum absolute atomic E-state index is 12.5. The normalized spacial score (nSPS) is 11.6. The molecule has 0 spiro atoms. The van der Waals surface area contributed by atoms with Crippen molar-refractivity contribution in [3.63, 3.8) is 0 Å². The number of carbonyl (C=O) groups is 1. The zero-order valence-electron chi connectivity index (χ0n) is 14.4. The van der Waals surface area contributed by atoms with Crippen molar-refractivity contribution in [1.82, 2.24) is 4.90 Å². The van der Waals surface area contributed by atoms with E-state index in [1.807, 2.05) is 60.7 Å². The van der Waals surface area contributed by atoms with Crippen molar-refractivity contribution in [3.05, 3.63) is 71.8 Å². The predicted molar refractivity (Wildman–Crippen MR) is 96.6 cm³/mol. The quantitative estimate of drug-likeness (QED) is 0.771. The summed E-state index contributed by atoms with van der Waals surface area (Å²) >= 11 is 0. The molecule has 0 atom stereocenters. The summed E-state index contributed by atoms with van der Waals surface area (Å²) in [6.45, 7) is 7.29. The maximum Gasteiger partial charge on any atom is 0.259 e. The van der Waals surface area contributed by atoms with Gasteiger partial charge in [0.2, 0.25) is 0 Å². The van der Waals surface area contributed by atoms with E-state index >= 15 is 0 Å². The van der Waals surface area contributed by atoms with Crippen LogP contribution in [-0.4, -0.2) is 37.0 Å². The SMILES string of the molecule is CCN(CC)CCOC(C(N)=O)(c1ccccc1)c1ccccc1. The average Bonchev–Trinajstić information content (AvgIpc) is 2.63. The molecule has 128 valence electrons. The van der Waals surface area contributed by atoms with Crippen LogP contribution in [0.2, 0.25) is 0 Å². The first-order valence-electron chi connectivity index (χ1n) is 8.42. The fourth-order valence-electron chi connectivity index (χ4n) is 2.90. The Hall–Kier alpha value is -2.17. The van der Waals surface area contributed by atoms with E-state index in [4.69, 9.17) is 10.5 Å². The summed E-state index contributed by atoms with van der Waals surface area (Å²) in [6, 6.07) is 18.9. The van der Waals surface area contributed by atoms with Crippen molar-refractivity contribution in [2.75, 3.05) is 26.2 Å². The van der Waals surface area contributed by atoms with E-state index in [1.54, 1.807) is 0 Å². The highest BCUT2D eigenvalue weighted by Crippen LogP contribution is 2.33. The van der Waals surface area contributed by atoms with Gasteiger partial charge in [0.15, 0.2) is 5.60 Å². The van der Waals surface area contributed by atoms with Gasteiger partial charge in [-0.3, -0.25) is 4.79 Å². The third-order valence-corrected chi connectivity index (χ3v) is 4.33. The Labute approximate surface area is 144 Å². The molecule has 4 heteroatoms. The molecule has 0 saturated carbocycles. The van der Waals surface area contributed by atoms with Gasteiger partial charge in [-0.2, -0.15) is 0 Å². The molecule has 0 radical (unpaired) electrons. The monoisotopic (exact) mass is 326 g/mol. The Morgan fingerprint density at radius 3 is 1.79 bits per heavy atom. The number of carbonyl (C=O) groups excluding carboxylic acids is 1. The van der Waals surface area contributed by atoms with Gasteiger partial charge >= 0.3 is 0 Å². The van der Waals surface area contributed by atoms with Gasteiger partial charge in [0, 0.05) is 6.54 Å². The Balaban J connectivity index is 2.38. The first kappa shape index (κ1) is 18.2. The number of likely N-dealkylation sites (N-methyl/N-ethyl adjacent to an activating group) is 1. The minimum Gasteiger partial charge on any atom is -0.367 e. The van der Waals surface area contributed by atoms with Crippen molar-refractivity contribution in [3.8, 4) is 0 Å². The number of ether oxygens (including phenoxy) is 1. The van der Waals surface area contributed by atoms with Crippen molar-refractivity contribution in [1.29, 1.82) is 0 Å². The standard InChI is InChI=1S/C20H26N2O2/c1-3-22(4-2)15-16-24-20(19(21)23,17-11-7-5-8-12-17)18-13-9-6-10-14-18/h5-14H,3-4,15-16H2,1-2H3,(H2,21,23). The molecule has 0 heterocycles. The number of nitrogens with zero attached hydrogens (tertiary/aromatic N) is 1. The molecule has 0 fully saturated rings. The first-order valence-corrected chi connectivity index (χ1v) is 8.42. The molecule has 0 saturated heterocycles. The molecular weight excluding hydrogens is 300 g/mol. The van der Waals surface area contributed by atoms with Crippen LogP contribution >= 0.6 is 0 Å². The van der Waals surface area contributed by atoms with Crippen LogP contribution in [0.15, 0.2) is 60.7 Å². The van der Waals surface area contributed by atoms with Gasteiger partial charge < -0.3 is 15.4 Å². The summed E-state index contributed by atoms with van der Waals surface area (Å²) in [5.41, 5.74) is 6.08. The molecule has 0 bridgehead atoms. The first-order chi connectivity index (χ1) is 11.6. The summed E-state index contributed by atoms with van der Waals surface area (Å²) in [7, 11) is 0. The average molecular weight is 326 g/mol. The highest BCUT2D eigenvalue weighted by Gasteiger charge is 2.41. The van der Waals surface area contributed by atoms with Crippen LogP contribution in [0.25, 0.3) is 0 Å². The number of rotatable bonds is 9. The lowest BCUT2D eigenvalue weighted by atomic mass is 9.85. The maximum atomic E-state index is 12.5. The van der Waals surface area contributed by atoms with Crippen molar-refractivity contribution < 1.29 is 9.53 Å². The van der Waals surface area contributed by atoms with Crippen molar-refractivity contribution in [2.45, 2.75) is 19.4 Å². The van der Waals surface area contributed by atoms with E-state index in [9.17, 15) is 4.79 Å². The Morgan fingerprint density at radius 1 is 0.958 bits per heavy atom. The van der Waals surface area contributed by atoms with Gasteiger partial charge in [-0.25, -0.2) is 0 Å². The Morgan fingerprint density at radius 2 is 1.42 bits per heavy atom. The minimum atomic E-state index is -1.27. The molecular formula is C20H26N2O2. The third-order valence-electron chi connectivity index (χ3n) is 4.33. The van der Waals surface area contributed by atoms with Crippen LogP contribution in [-0.2, 0) is 15.1 Å². The summed E-state index contributed by atoms with van der Waals surface area (Å²) < 4.78 is 6.18. The molecule has 2 aromatic carbocycles. The van der Waals surface area contributed by atoms with Gasteiger partial charge in [-0.05, 0) is 24.2 Å². The topological polar surface area (TPSA) is 55.6 Å². The van der Waals surface area contributed by atoms with E-state index in [1.165, 1.54) is 0 Å². The zero-order chi connectivity index (χ0) is 17.4. The van der Waals surface area contributed by atoms with Crippen LogP contribution in [0.4, 0.5) is 0 Å². The number of hydrogen-bond donors (Lipinski definition) is 1. The number of amides is 1. The number of hydrogen-bond acceptors (Lipinski definition) is 3. The number of primary amides is 1. The molecule has 4 nitrogen and oxygen atoms in total. The predicted octanol–water partition coefficient (Wildman–Crippen LogP) is 2.77. The molecule has 2 aromatic rings. The summed E-state index contributed by atoms with van der Waals surface area (Å²) in [5.74, 6) is -0.501. The van der Waals surface area contributed by atoms with Gasteiger partial charge in [0.25, 0.3) is 5.91 Å².